The number of hydrogen-bond acceptors (Lipinski definition) is 3. The average molecular weight is 289 g/mol. The summed E-state index contributed by atoms with van der Waals surface area (Å²) >= 11 is 5.00. The standard InChI is InChI=1S/C10H13BrN2OS/c1-13-9(10(12)14)6-15-8-4-2-3-7(11)5-8/h2-5,9,13H,6H2,1H3,(H2,12,14). The van der Waals surface area contributed by atoms with E-state index in [1.807, 2.05) is 24.3 Å². The molecule has 3 N–H and O–H groups in total. The maximum atomic E-state index is 11.0. The molecule has 0 aliphatic heterocycles. The first-order chi connectivity index (χ1) is 7.13. The number of carbonyl (C=O) groups is 1. The number of thioether (sulfide) groups is 1. The van der Waals surface area contributed by atoms with E-state index in [1.165, 1.54) is 0 Å². The highest BCUT2D eigenvalue weighted by atomic mass is 79.9. The molecule has 0 fully saturated rings. The molecule has 1 rings (SSSR count). The molecule has 1 aromatic rings. The highest BCUT2D eigenvalue weighted by Crippen LogP contribution is 2.22. The molecule has 5 heteroatoms. The third-order valence-corrected chi connectivity index (χ3v) is 3.49. The largest absolute Gasteiger partial charge is 0.368 e. The Morgan fingerprint density at radius 1 is 1.67 bits per heavy atom. The number of primary amides is 1. The molecule has 0 radical (unpaired) electrons. The van der Waals surface area contributed by atoms with Crippen molar-refractivity contribution in [1.29, 1.82) is 0 Å². The molecule has 1 atom stereocenters. The van der Waals surface area contributed by atoms with Crippen molar-refractivity contribution in [3.8, 4) is 0 Å². The van der Waals surface area contributed by atoms with Gasteiger partial charge in [-0.15, -0.1) is 11.8 Å². The number of rotatable bonds is 5. The van der Waals surface area contributed by atoms with Gasteiger partial charge in [-0.05, 0) is 25.2 Å². The first kappa shape index (κ1) is 12.5. The Balaban J connectivity index is 2.52. The van der Waals surface area contributed by atoms with Crippen molar-refractivity contribution in [2.75, 3.05) is 12.8 Å². The van der Waals surface area contributed by atoms with Crippen LogP contribution in [0.15, 0.2) is 33.6 Å². The molecule has 0 spiro atoms. The highest BCUT2D eigenvalue weighted by molar-refractivity contribution is 9.10. The second-order valence-corrected chi connectivity index (χ2v) is 5.02. The molecule has 3 nitrogen and oxygen atoms in total. The van der Waals surface area contributed by atoms with Crippen LogP contribution in [0.25, 0.3) is 0 Å². The van der Waals surface area contributed by atoms with E-state index in [0.29, 0.717) is 5.75 Å². The van der Waals surface area contributed by atoms with E-state index in [2.05, 4.69) is 21.2 Å². The second-order valence-electron chi connectivity index (χ2n) is 3.01. The molecule has 0 saturated heterocycles. The van der Waals surface area contributed by atoms with Gasteiger partial charge in [0.25, 0.3) is 0 Å². The van der Waals surface area contributed by atoms with E-state index in [0.717, 1.165) is 9.37 Å². The van der Waals surface area contributed by atoms with Gasteiger partial charge in [0.15, 0.2) is 0 Å². The molecule has 0 heterocycles. The summed E-state index contributed by atoms with van der Waals surface area (Å²) in [6, 6.07) is 7.66. The van der Waals surface area contributed by atoms with Crippen molar-refractivity contribution in [3.05, 3.63) is 28.7 Å². The number of nitrogens with two attached hydrogens (primary N) is 1. The summed E-state index contributed by atoms with van der Waals surface area (Å²) in [5.41, 5.74) is 5.22. The summed E-state index contributed by atoms with van der Waals surface area (Å²) in [5, 5.41) is 2.88. The molecule has 15 heavy (non-hydrogen) atoms. The maximum absolute atomic E-state index is 11.0. The molecule has 1 amide bonds. The fraction of sp³-hybridized carbons (Fsp3) is 0.300. The molecule has 1 aromatic carbocycles. The third-order valence-electron chi connectivity index (χ3n) is 1.90. The van der Waals surface area contributed by atoms with E-state index in [-0.39, 0.29) is 11.9 Å². The van der Waals surface area contributed by atoms with Crippen LogP contribution in [0, 0.1) is 0 Å². The van der Waals surface area contributed by atoms with Crippen LogP contribution in [0.5, 0.6) is 0 Å². The second kappa shape index (κ2) is 6.15. The minimum atomic E-state index is -0.319. The number of benzene rings is 1. The molecular weight excluding hydrogens is 276 g/mol. The lowest BCUT2D eigenvalue weighted by Crippen LogP contribution is -2.41. The predicted molar refractivity (Wildman–Crippen MR) is 66.9 cm³/mol. The fourth-order valence-corrected chi connectivity index (χ4v) is 2.67. The lowest BCUT2D eigenvalue weighted by molar-refractivity contribution is -0.119. The summed E-state index contributed by atoms with van der Waals surface area (Å²) in [7, 11) is 1.73. The highest BCUT2D eigenvalue weighted by Gasteiger charge is 2.12. The van der Waals surface area contributed by atoms with Crippen LogP contribution in [0.2, 0.25) is 0 Å². The summed E-state index contributed by atoms with van der Waals surface area (Å²) in [5.74, 6) is 0.322. The van der Waals surface area contributed by atoms with E-state index >= 15 is 0 Å². The van der Waals surface area contributed by atoms with Crippen molar-refractivity contribution >= 4 is 33.6 Å². The van der Waals surface area contributed by atoms with Crippen LogP contribution in [0.3, 0.4) is 0 Å². The molecule has 0 saturated carbocycles. The number of nitrogens with one attached hydrogen (secondary N) is 1. The Hall–Kier alpha value is -0.520. The Labute approximate surface area is 102 Å². The number of halogens is 1. The van der Waals surface area contributed by atoms with Gasteiger partial charge in [-0.1, -0.05) is 22.0 Å². The zero-order chi connectivity index (χ0) is 11.3. The van der Waals surface area contributed by atoms with Crippen molar-refractivity contribution in [3.63, 3.8) is 0 Å². The topological polar surface area (TPSA) is 55.1 Å². The Morgan fingerprint density at radius 2 is 2.40 bits per heavy atom. The van der Waals surface area contributed by atoms with Crippen molar-refractivity contribution in [1.82, 2.24) is 5.32 Å². The molecule has 1 unspecified atom stereocenters. The first-order valence-electron chi connectivity index (χ1n) is 4.48. The van der Waals surface area contributed by atoms with Crippen LogP contribution in [-0.4, -0.2) is 24.7 Å². The summed E-state index contributed by atoms with van der Waals surface area (Å²) < 4.78 is 1.03. The van der Waals surface area contributed by atoms with Gasteiger partial charge in [0.05, 0.1) is 6.04 Å². The lowest BCUT2D eigenvalue weighted by Gasteiger charge is -2.11. The SMILES string of the molecule is CNC(CSc1cccc(Br)c1)C(N)=O. The van der Waals surface area contributed by atoms with Crippen LogP contribution >= 0.6 is 27.7 Å². The Kier molecular flexibility index (Phi) is 5.14. The van der Waals surface area contributed by atoms with Gasteiger partial charge in [0.2, 0.25) is 5.91 Å². The van der Waals surface area contributed by atoms with E-state index < -0.39 is 0 Å². The molecule has 0 bridgehead atoms. The first-order valence-corrected chi connectivity index (χ1v) is 6.26. The van der Waals surface area contributed by atoms with Gasteiger partial charge >= 0.3 is 0 Å². The Morgan fingerprint density at radius 3 is 2.93 bits per heavy atom. The maximum Gasteiger partial charge on any atom is 0.235 e. The number of carbonyl (C=O) groups excluding carboxylic acids is 1. The van der Waals surface area contributed by atoms with Crippen molar-refractivity contribution in [2.45, 2.75) is 10.9 Å². The van der Waals surface area contributed by atoms with Gasteiger partial charge in [0, 0.05) is 15.1 Å². The Bertz CT molecular complexity index is 346. The minimum absolute atomic E-state index is 0.283. The van der Waals surface area contributed by atoms with Crippen molar-refractivity contribution in [2.24, 2.45) is 5.73 Å². The predicted octanol–water partition coefficient (Wildman–Crippen LogP) is 1.61. The third kappa shape index (κ3) is 4.24. The summed E-state index contributed by atoms with van der Waals surface area (Å²) in [6.07, 6.45) is 0. The minimum Gasteiger partial charge on any atom is -0.368 e. The van der Waals surface area contributed by atoms with E-state index in [9.17, 15) is 4.79 Å². The number of amides is 1. The summed E-state index contributed by atoms with van der Waals surface area (Å²) in [6.45, 7) is 0. The van der Waals surface area contributed by atoms with Gasteiger partial charge in [-0.25, -0.2) is 0 Å². The van der Waals surface area contributed by atoms with Gasteiger partial charge in [-0.3, -0.25) is 4.79 Å². The number of likely N-dealkylation sites (N-methyl/N-ethyl adjacent to an activating group) is 1. The normalized spacial score (nSPS) is 12.4. The quantitative estimate of drug-likeness (QED) is 0.810. The molecule has 0 aliphatic carbocycles. The fourth-order valence-electron chi connectivity index (χ4n) is 1.04. The van der Waals surface area contributed by atoms with E-state index in [1.54, 1.807) is 18.8 Å². The lowest BCUT2D eigenvalue weighted by atomic mass is 10.3. The van der Waals surface area contributed by atoms with Gasteiger partial charge < -0.3 is 11.1 Å². The monoisotopic (exact) mass is 288 g/mol. The molecule has 0 aliphatic rings. The summed E-state index contributed by atoms with van der Waals surface area (Å²) in [4.78, 5) is 12.1. The van der Waals surface area contributed by atoms with Gasteiger partial charge in [0.1, 0.15) is 0 Å². The van der Waals surface area contributed by atoms with Crippen molar-refractivity contribution < 1.29 is 4.79 Å². The van der Waals surface area contributed by atoms with Gasteiger partial charge in [-0.2, -0.15) is 0 Å². The zero-order valence-corrected chi connectivity index (χ0v) is 10.8. The molecular formula is C10H13BrN2OS. The molecule has 82 valence electrons. The average Bonchev–Trinajstić information content (AvgIpc) is 2.18. The molecule has 0 aromatic heterocycles. The van der Waals surface area contributed by atoms with Crippen LogP contribution < -0.4 is 11.1 Å². The van der Waals surface area contributed by atoms with Crippen LogP contribution in [0.1, 0.15) is 0 Å². The van der Waals surface area contributed by atoms with Crippen LogP contribution in [-0.2, 0) is 4.79 Å². The zero-order valence-electron chi connectivity index (χ0n) is 8.37. The number of hydrogen-bond donors (Lipinski definition) is 2. The van der Waals surface area contributed by atoms with Crippen LogP contribution in [0.4, 0.5) is 0 Å². The van der Waals surface area contributed by atoms with E-state index in [4.69, 9.17) is 5.73 Å². The smallest absolute Gasteiger partial charge is 0.235 e.